The molecule has 0 aliphatic carbocycles. The number of benzene rings is 1. The van der Waals surface area contributed by atoms with Crippen molar-refractivity contribution in [2.24, 2.45) is 12.8 Å². The molecular formula is C13H16N2O2. The van der Waals surface area contributed by atoms with Gasteiger partial charge in [0.05, 0.1) is 12.6 Å². The van der Waals surface area contributed by atoms with Crippen LogP contribution in [-0.2, 0) is 7.05 Å². The third-order valence-electron chi connectivity index (χ3n) is 2.95. The summed E-state index contributed by atoms with van der Waals surface area (Å²) < 4.78 is 6.79. The highest BCUT2D eigenvalue weighted by atomic mass is 16.5. The Morgan fingerprint density at radius 3 is 2.65 bits per heavy atom. The number of hydrogen-bond acceptors (Lipinski definition) is 3. The maximum Gasteiger partial charge on any atom is 0.255 e. The summed E-state index contributed by atoms with van der Waals surface area (Å²) in [6.07, 6.45) is 0. The van der Waals surface area contributed by atoms with E-state index in [0.29, 0.717) is 5.56 Å². The lowest BCUT2D eigenvalue weighted by atomic mass is 10.1. The van der Waals surface area contributed by atoms with Gasteiger partial charge in [-0.1, -0.05) is 0 Å². The van der Waals surface area contributed by atoms with Crippen LogP contribution in [0, 0.1) is 0 Å². The molecule has 2 rings (SSSR count). The summed E-state index contributed by atoms with van der Waals surface area (Å²) >= 11 is 0. The highest BCUT2D eigenvalue weighted by Crippen LogP contribution is 2.21. The molecule has 0 spiro atoms. The van der Waals surface area contributed by atoms with Crippen LogP contribution in [0.25, 0.3) is 10.9 Å². The Labute approximate surface area is 99.6 Å². The number of hydrogen-bond donors (Lipinski definition) is 1. The van der Waals surface area contributed by atoms with Gasteiger partial charge < -0.3 is 15.0 Å². The van der Waals surface area contributed by atoms with Crippen LogP contribution >= 0.6 is 0 Å². The maximum atomic E-state index is 12.0. The molecule has 2 aromatic rings. The van der Waals surface area contributed by atoms with Crippen LogP contribution in [0.2, 0.25) is 0 Å². The van der Waals surface area contributed by atoms with Gasteiger partial charge in [-0.05, 0) is 31.2 Å². The molecule has 0 saturated heterocycles. The number of aromatic nitrogens is 1. The lowest BCUT2D eigenvalue weighted by molar-refractivity contribution is 0.415. The molecule has 4 heteroatoms. The minimum Gasteiger partial charge on any atom is -0.497 e. The van der Waals surface area contributed by atoms with Gasteiger partial charge in [-0.3, -0.25) is 4.79 Å². The van der Waals surface area contributed by atoms with Crippen molar-refractivity contribution in [2.45, 2.75) is 13.0 Å². The van der Waals surface area contributed by atoms with E-state index in [2.05, 4.69) is 0 Å². The summed E-state index contributed by atoms with van der Waals surface area (Å²) in [5.74, 6) is 0.770. The van der Waals surface area contributed by atoms with E-state index in [4.69, 9.17) is 10.5 Å². The largest absolute Gasteiger partial charge is 0.497 e. The molecule has 1 heterocycles. The van der Waals surface area contributed by atoms with Crippen molar-refractivity contribution >= 4 is 10.9 Å². The lowest BCUT2D eigenvalue weighted by Crippen LogP contribution is -2.25. The standard InChI is InChI=1S/C13H16N2O2/c1-8(14)11-7-9-6-10(17-3)4-5-12(9)15(2)13(11)16/h4-8H,14H2,1-3H3. The van der Waals surface area contributed by atoms with Crippen molar-refractivity contribution < 1.29 is 4.74 Å². The highest BCUT2D eigenvalue weighted by molar-refractivity contribution is 5.81. The fourth-order valence-electron chi connectivity index (χ4n) is 1.94. The minimum absolute atomic E-state index is 0.0438. The first-order chi connectivity index (χ1) is 8.04. The fraction of sp³-hybridized carbons (Fsp3) is 0.308. The van der Waals surface area contributed by atoms with E-state index in [-0.39, 0.29) is 11.6 Å². The maximum absolute atomic E-state index is 12.0. The van der Waals surface area contributed by atoms with Crippen LogP contribution < -0.4 is 16.0 Å². The molecule has 4 nitrogen and oxygen atoms in total. The lowest BCUT2D eigenvalue weighted by Gasteiger charge is -2.11. The van der Waals surface area contributed by atoms with Gasteiger partial charge in [-0.15, -0.1) is 0 Å². The van der Waals surface area contributed by atoms with Gasteiger partial charge >= 0.3 is 0 Å². The number of ether oxygens (including phenoxy) is 1. The summed E-state index contributed by atoms with van der Waals surface area (Å²) in [6.45, 7) is 1.81. The van der Waals surface area contributed by atoms with Crippen molar-refractivity contribution in [3.63, 3.8) is 0 Å². The van der Waals surface area contributed by atoms with Crippen molar-refractivity contribution in [1.29, 1.82) is 0 Å². The highest BCUT2D eigenvalue weighted by Gasteiger charge is 2.10. The van der Waals surface area contributed by atoms with Gasteiger partial charge in [-0.25, -0.2) is 0 Å². The third kappa shape index (κ3) is 1.91. The summed E-state index contributed by atoms with van der Waals surface area (Å²) in [5, 5.41) is 0.957. The number of methoxy groups -OCH3 is 1. The van der Waals surface area contributed by atoms with Crippen LogP contribution in [0.15, 0.2) is 29.1 Å². The van der Waals surface area contributed by atoms with Gasteiger partial charge in [0, 0.05) is 24.0 Å². The first-order valence-corrected chi connectivity index (χ1v) is 5.48. The summed E-state index contributed by atoms with van der Waals surface area (Å²) in [4.78, 5) is 12.0. The number of nitrogens with zero attached hydrogens (tertiary/aromatic N) is 1. The Morgan fingerprint density at radius 1 is 1.35 bits per heavy atom. The van der Waals surface area contributed by atoms with Gasteiger partial charge in [0.15, 0.2) is 0 Å². The zero-order chi connectivity index (χ0) is 12.6. The first-order valence-electron chi connectivity index (χ1n) is 5.48. The second kappa shape index (κ2) is 4.22. The molecule has 1 aromatic heterocycles. The Bertz CT molecular complexity index is 615. The van der Waals surface area contributed by atoms with E-state index in [0.717, 1.165) is 16.7 Å². The molecule has 0 aliphatic rings. The van der Waals surface area contributed by atoms with E-state index in [1.165, 1.54) is 0 Å². The predicted molar refractivity (Wildman–Crippen MR) is 68.3 cm³/mol. The molecule has 0 bridgehead atoms. The van der Waals surface area contributed by atoms with E-state index in [9.17, 15) is 4.79 Å². The molecule has 0 amide bonds. The van der Waals surface area contributed by atoms with Crippen LogP contribution in [0.3, 0.4) is 0 Å². The number of rotatable bonds is 2. The quantitative estimate of drug-likeness (QED) is 0.855. The molecule has 0 aliphatic heterocycles. The zero-order valence-electron chi connectivity index (χ0n) is 10.2. The smallest absolute Gasteiger partial charge is 0.255 e. The fourth-order valence-corrected chi connectivity index (χ4v) is 1.94. The Hall–Kier alpha value is -1.81. The Balaban J connectivity index is 2.82. The average Bonchev–Trinajstić information content (AvgIpc) is 2.32. The Morgan fingerprint density at radius 2 is 2.06 bits per heavy atom. The summed E-state index contributed by atoms with van der Waals surface area (Å²) in [5.41, 5.74) is 7.25. The van der Waals surface area contributed by atoms with Crippen LogP contribution in [0.1, 0.15) is 18.5 Å². The molecule has 0 saturated carbocycles. The number of pyridine rings is 1. The second-order valence-electron chi connectivity index (χ2n) is 4.18. The van der Waals surface area contributed by atoms with Crippen molar-refractivity contribution in [3.8, 4) is 5.75 Å². The van der Waals surface area contributed by atoms with Gasteiger partial charge in [-0.2, -0.15) is 0 Å². The first kappa shape index (κ1) is 11.7. The van der Waals surface area contributed by atoms with Crippen LogP contribution in [0.4, 0.5) is 0 Å². The normalized spacial score (nSPS) is 12.7. The predicted octanol–water partition coefficient (Wildman–Crippen LogP) is 1.57. The molecule has 17 heavy (non-hydrogen) atoms. The van der Waals surface area contributed by atoms with Gasteiger partial charge in [0.2, 0.25) is 0 Å². The average molecular weight is 232 g/mol. The van der Waals surface area contributed by atoms with E-state index in [1.807, 2.05) is 31.2 Å². The van der Waals surface area contributed by atoms with Crippen molar-refractivity contribution in [1.82, 2.24) is 4.57 Å². The molecule has 1 atom stereocenters. The molecule has 1 unspecified atom stereocenters. The second-order valence-corrected chi connectivity index (χ2v) is 4.18. The third-order valence-corrected chi connectivity index (χ3v) is 2.95. The van der Waals surface area contributed by atoms with E-state index in [1.54, 1.807) is 18.7 Å². The summed E-state index contributed by atoms with van der Waals surface area (Å²) in [6, 6.07) is 7.18. The van der Waals surface area contributed by atoms with E-state index < -0.39 is 0 Å². The van der Waals surface area contributed by atoms with Crippen molar-refractivity contribution in [2.75, 3.05) is 7.11 Å². The number of nitrogens with two attached hydrogens (primary N) is 1. The topological polar surface area (TPSA) is 57.2 Å². The van der Waals surface area contributed by atoms with E-state index >= 15 is 0 Å². The van der Waals surface area contributed by atoms with Gasteiger partial charge in [0.1, 0.15) is 5.75 Å². The minimum atomic E-state index is -0.274. The molecular weight excluding hydrogens is 216 g/mol. The van der Waals surface area contributed by atoms with Gasteiger partial charge in [0.25, 0.3) is 5.56 Å². The molecule has 2 N–H and O–H groups in total. The zero-order valence-corrected chi connectivity index (χ0v) is 10.2. The SMILES string of the molecule is COc1ccc2c(c1)cc(C(C)N)c(=O)n2C. The molecule has 1 aromatic carbocycles. The summed E-state index contributed by atoms with van der Waals surface area (Å²) in [7, 11) is 3.37. The van der Waals surface area contributed by atoms with Crippen LogP contribution in [0.5, 0.6) is 5.75 Å². The molecule has 0 fully saturated rings. The number of fused-ring (bicyclic) bond motifs is 1. The molecule has 90 valence electrons. The molecule has 0 radical (unpaired) electrons. The van der Waals surface area contributed by atoms with Crippen LogP contribution in [-0.4, -0.2) is 11.7 Å². The Kier molecular flexibility index (Phi) is 2.90. The van der Waals surface area contributed by atoms with Crippen molar-refractivity contribution in [3.05, 3.63) is 40.2 Å². The number of aryl methyl sites for hydroxylation is 1. The monoisotopic (exact) mass is 232 g/mol.